The molecule has 2 aromatic rings. The summed E-state index contributed by atoms with van der Waals surface area (Å²) in [4.78, 5) is 24.9. The van der Waals surface area contributed by atoms with Crippen LogP contribution < -0.4 is 10.1 Å². The zero-order chi connectivity index (χ0) is 19.1. The molecule has 0 bridgehead atoms. The van der Waals surface area contributed by atoms with Gasteiger partial charge in [0.15, 0.2) is 0 Å². The molecule has 26 heavy (non-hydrogen) atoms. The number of ether oxygens (including phenoxy) is 2. The number of carbonyl (C=O) groups excluding carboxylic acids is 2. The molecule has 1 aromatic carbocycles. The smallest absolute Gasteiger partial charge is 0.341 e. The maximum atomic E-state index is 12.6. The van der Waals surface area contributed by atoms with E-state index in [1.807, 2.05) is 12.1 Å². The van der Waals surface area contributed by atoms with Crippen LogP contribution in [-0.2, 0) is 9.53 Å². The Hall–Kier alpha value is -1.76. The molecule has 3 rings (SSSR count). The van der Waals surface area contributed by atoms with Crippen LogP contribution in [0.3, 0.4) is 0 Å². The molecule has 1 heterocycles. The molecule has 138 valence electrons. The minimum atomic E-state index is -1.08. The van der Waals surface area contributed by atoms with Crippen LogP contribution in [0.1, 0.15) is 23.7 Å². The summed E-state index contributed by atoms with van der Waals surface area (Å²) in [5.74, 6) is -0.147. The Morgan fingerprint density at radius 1 is 1.19 bits per heavy atom. The van der Waals surface area contributed by atoms with Crippen molar-refractivity contribution < 1.29 is 19.1 Å². The van der Waals surface area contributed by atoms with Crippen LogP contribution in [0.5, 0.6) is 5.75 Å². The van der Waals surface area contributed by atoms with Gasteiger partial charge >= 0.3 is 5.97 Å². The molecule has 1 N–H and O–H groups in total. The first-order valence-corrected chi connectivity index (χ1v) is 9.40. The Morgan fingerprint density at radius 3 is 2.31 bits per heavy atom. The van der Waals surface area contributed by atoms with E-state index in [9.17, 15) is 9.59 Å². The van der Waals surface area contributed by atoms with Crippen molar-refractivity contribution in [1.82, 2.24) is 0 Å². The second kappa shape index (κ2) is 6.76. The second-order valence-corrected chi connectivity index (χ2v) is 8.60. The average molecular weight is 414 g/mol. The lowest BCUT2D eigenvalue weighted by molar-refractivity contribution is -0.120. The average Bonchev–Trinajstić information content (AvgIpc) is 2.95. The summed E-state index contributed by atoms with van der Waals surface area (Å²) in [6, 6.07) is 7.27. The molecule has 1 amide bonds. The lowest BCUT2D eigenvalue weighted by Gasteiger charge is -2.13. The van der Waals surface area contributed by atoms with Crippen LogP contribution >= 0.6 is 34.5 Å². The number of methoxy groups -OCH3 is 2. The number of anilines is 1. The van der Waals surface area contributed by atoms with Gasteiger partial charge in [0.05, 0.1) is 19.6 Å². The topological polar surface area (TPSA) is 64.6 Å². The van der Waals surface area contributed by atoms with Gasteiger partial charge in [0, 0.05) is 10.9 Å². The molecule has 0 unspecified atom stereocenters. The molecule has 0 saturated heterocycles. The van der Waals surface area contributed by atoms with Crippen molar-refractivity contribution in [3.8, 4) is 16.9 Å². The predicted molar refractivity (Wildman–Crippen MR) is 103 cm³/mol. The first-order chi connectivity index (χ1) is 12.2. The number of halogens is 2. The van der Waals surface area contributed by atoms with Crippen molar-refractivity contribution in [2.24, 2.45) is 5.41 Å². The third-order valence-electron chi connectivity index (χ3n) is 4.57. The van der Waals surface area contributed by atoms with E-state index >= 15 is 0 Å². The zero-order valence-corrected chi connectivity index (χ0v) is 16.7. The summed E-state index contributed by atoms with van der Waals surface area (Å²) < 4.78 is 8.98. The Morgan fingerprint density at radius 2 is 1.81 bits per heavy atom. The molecule has 1 aromatic heterocycles. The van der Waals surface area contributed by atoms with Crippen molar-refractivity contribution in [3.05, 3.63) is 35.2 Å². The van der Waals surface area contributed by atoms with Crippen LogP contribution in [0.4, 0.5) is 5.00 Å². The highest BCUT2D eigenvalue weighted by Gasteiger charge is 2.68. The summed E-state index contributed by atoms with van der Waals surface area (Å²) in [6.07, 6.45) is 0.360. The van der Waals surface area contributed by atoms with Gasteiger partial charge in [-0.1, -0.05) is 12.1 Å². The van der Waals surface area contributed by atoms with Gasteiger partial charge in [-0.25, -0.2) is 4.79 Å². The maximum Gasteiger partial charge on any atom is 0.341 e. The van der Waals surface area contributed by atoms with Gasteiger partial charge in [-0.15, -0.1) is 34.5 Å². The molecule has 5 nitrogen and oxygen atoms in total. The zero-order valence-electron chi connectivity index (χ0n) is 14.4. The number of hydrogen-bond acceptors (Lipinski definition) is 5. The van der Waals surface area contributed by atoms with Crippen LogP contribution in [0, 0.1) is 5.41 Å². The molecule has 0 radical (unpaired) electrons. The van der Waals surface area contributed by atoms with Gasteiger partial charge in [0.2, 0.25) is 5.91 Å². The molecule has 0 spiro atoms. The van der Waals surface area contributed by atoms with Crippen LogP contribution in [0.25, 0.3) is 11.1 Å². The van der Waals surface area contributed by atoms with E-state index in [0.717, 1.165) is 5.56 Å². The highest BCUT2D eigenvalue weighted by Crippen LogP contribution is 2.64. The third kappa shape index (κ3) is 3.17. The molecule has 8 heteroatoms. The summed E-state index contributed by atoms with van der Waals surface area (Å²) in [5.41, 5.74) is 0.900. The fourth-order valence-corrected chi connectivity index (χ4v) is 4.28. The lowest BCUT2D eigenvalue weighted by atomic mass is 10.0. The molecular weight excluding hydrogens is 397 g/mol. The second-order valence-electron chi connectivity index (χ2n) is 6.24. The Balaban J connectivity index is 1.95. The minimum Gasteiger partial charge on any atom is -0.497 e. The first-order valence-electron chi connectivity index (χ1n) is 7.77. The van der Waals surface area contributed by atoms with Gasteiger partial charge in [0.25, 0.3) is 0 Å². The summed E-state index contributed by atoms with van der Waals surface area (Å²) >= 11 is 13.4. The predicted octanol–water partition coefficient (Wildman–Crippen LogP) is 4.73. The number of nitrogens with one attached hydrogen (secondary N) is 1. The van der Waals surface area contributed by atoms with Crippen molar-refractivity contribution in [3.63, 3.8) is 0 Å². The SMILES string of the molecule is COC(=O)c1c(-c2ccc(OC)cc2)csc1NC(=O)[C@@]1(C)CC1(Cl)Cl. The van der Waals surface area contributed by atoms with Gasteiger partial charge < -0.3 is 14.8 Å². The van der Waals surface area contributed by atoms with Crippen LogP contribution in [0.15, 0.2) is 29.6 Å². The monoisotopic (exact) mass is 413 g/mol. The third-order valence-corrected chi connectivity index (χ3v) is 6.56. The van der Waals surface area contributed by atoms with Gasteiger partial charge in [-0.3, -0.25) is 4.79 Å². The number of thiophene rings is 1. The molecule has 0 aliphatic heterocycles. The molecule has 1 aliphatic carbocycles. The van der Waals surface area contributed by atoms with Gasteiger partial charge in [0.1, 0.15) is 20.6 Å². The molecule has 1 fully saturated rings. The number of benzene rings is 1. The molecule has 1 aliphatic rings. The van der Waals surface area contributed by atoms with Crippen molar-refractivity contribution in [2.45, 2.75) is 17.7 Å². The minimum absolute atomic E-state index is 0.301. The molecule has 1 saturated carbocycles. The van der Waals surface area contributed by atoms with E-state index in [0.29, 0.717) is 28.3 Å². The molecule has 1 atom stereocenters. The van der Waals surface area contributed by atoms with E-state index in [-0.39, 0.29) is 5.91 Å². The summed E-state index contributed by atoms with van der Waals surface area (Å²) in [6.45, 7) is 1.69. The number of alkyl halides is 2. The summed E-state index contributed by atoms with van der Waals surface area (Å²) in [7, 11) is 2.88. The summed E-state index contributed by atoms with van der Waals surface area (Å²) in [5, 5.41) is 4.99. The number of rotatable bonds is 5. The fourth-order valence-electron chi connectivity index (χ4n) is 2.62. The van der Waals surface area contributed by atoms with Crippen molar-refractivity contribution in [2.75, 3.05) is 19.5 Å². The molecular formula is C18H17Cl2NO4S. The maximum absolute atomic E-state index is 12.6. The highest BCUT2D eigenvalue weighted by molar-refractivity contribution is 7.15. The Kier molecular flexibility index (Phi) is 4.94. The van der Waals surface area contributed by atoms with E-state index in [1.165, 1.54) is 18.4 Å². The largest absolute Gasteiger partial charge is 0.497 e. The number of amides is 1. The Labute approximate surface area is 165 Å². The fraction of sp³-hybridized carbons (Fsp3) is 0.333. The first kappa shape index (κ1) is 19.0. The number of hydrogen-bond donors (Lipinski definition) is 1. The quantitative estimate of drug-likeness (QED) is 0.568. The Bertz CT molecular complexity index is 863. The standard InChI is InChI=1S/C18H17Cl2NO4S/c1-17(9-18(17,19)20)16(23)21-14-13(15(22)25-3)12(8-26-14)10-4-6-11(24-2)7-5-10/h4-8H,9H2,1-3H3,(H,21,23)/t17-/m1/s1. The van der Waals surface area contributed by atoms with Crippen molar-refractivity contribution >= 4 is 51.4 Å². The van der Waals surface area contributed by atoms with E-state index in [1.54, 1.807) is 31.5 Å². The number of carbonyl (C=O) groups is 2. The van der Waals surface area contributed by atoms with E-state index in [4.69, 9.17) is 32.7 Å². The van der Waals surface area contributed by atoms with Gasteiger partial charge in [-0.2, -0.15) is 0 Å². The highest BCUT2D eigenvalue weighted by atomic mass is 35.5. The van der Waals surface area contributed by atoms with E-state index < -0.39 is 15.7 Å². The van der Waals surface area contributed by atoms with Crippen LogP contribution in [0.2, 0.25) is 0 Å². The van der Waals surface area contributed by atoms with Crippen molar-refractivity contribution in [1.29, 1.82) is 0 Å². The normalized spacial score (nSPS) is 20.3. The number of esters is 1. The van der Waals surface area contributed by atoms with Gasteiger partial charge in [-0.05, 0) is 31.0 Å². The van der Waals surface area contributed by atoms with Crippen LogP contribution in [-0.4, -0.2) is 30.4 Å². The van der Waals surface area contributed by atoms with E-state index in [2.05, 4.69) is 5.32 Å². The lowest BCUT2D eigenvalue weighted by Crippen LogP contribution is -2.26.